The summed E-state index contributed by atoms with van der Waals surface area (Å²) in [5.41, 5.74) is 3.85. The Morgan fingerprint density at radius 2 is 1.94 bits per heavy atom. The monoisotopic (exact) mass is 526 g/mol. The van der Waals surface area contributed by atoms with Crippen molar-refractivity contribution in [1.29, 1.82) is 0 Å². The second-order valence-electron chi connectivity index (χ2n) is 8.53. The molecule has 3 aromatic rings. The number of benzene rings is 2. The number of alkyl halides is 1. The quantitative estimate of drug-likeness (QED) is 0.237. The van der Waals surface area contributed by atoms with Crippen molar-refractivity contribution < 1.29 is 8.78 Å². The van der Waals surface area contributed by atoms with Crippen LogP contribution in [0, 0.1) is 5.82 Å². The maximum absolute atomic E-state index is 15.0. The molecular weight excluding hydrogens is 498 g/mol. The second kappa shape index (κ2) is 12.4. The van der Waals surface area contributed by atoms with Crippen molar-refractivity contribution in [2.45, 2.75) is 11.8 Å². The van der Waals surface area contributed by atoms with E-state index in [0.717, 1.165) is 58.8 Å². The molecule has 1 saturated heterocycles. The highest BCUT2D eigenvalue weighted by atomic mass is 35.5. The number of nitrogens with zero attached hydrogens (tertiary/aromatic N) is 3. The molecule has 0 aliphatic carbocycles. The molecule has 0 amide bonds. The van der Waals surface area contributed by atoms with Crippen LogP contribution in [0.4, 0.5) is 14.5 Å². The molecule has 4 nitrogen and oxygen atoms in total. The molecule has 1 fully saturated rings. The normalized spacial score (nSPS) is 15.4. The van der Waals surface area contributed by atoms with Gasteiger partial charge in [-0.2, -0.15) is 0 Å². The van der Waals surface area contributed by atoms with Crippen molar-refractivity contribution in [3.05, 3.63) is 95.4 Å². The third kappa shape index (κ3) is 6.46. The highest BCUT2D eigenvalue weighted by molar-refractivity contribution is 8.00. The van der Waals surface area contributed by atoms with Crippen molar-refractivity contribution in [3.63, 3.8) is 0 Å². The number of aromatic nitrogens is 1. The number of hydrogen-bond donors (Lipinski definition) is 1. The summed E-state index contributed by atoms with van der Waals surface area (Å²) in [5.74, 6) is -0.331. The van der Waals surface area contributed by atoms with Gasteiger partial charge in [0.25, 0.3) is 0 Å². The van der Waals surface area contributed by atoms with Crippen molar-refractivity contribution in [2.75, 3.05) is 44.1 Å². The Hall–Kier alpha value is -2.87. The highest BCUT2D eigenvalue weighted by Gasteiger charge is 2.20. The van der Waals surface area contributed by atoms with Crippen LogP contribution in [0.25, 0.3) is 16.6 Å². The van der Waals surface area contributed by atoms with Crippen LogP contribution in [0.5, 0.6) is 0 Å². The highest BCUT2D eigenvalue weighted by Crippen LogP contribution is 2.30. The van der Waals surface area contributed by atoms with Gasteiger partial charge in [-0.3, -0.25) is 9.88 Å². The smallest absolute Gasteiger partial charge is 0.147 e. The van der Waals surface area contributed by atoms with Crippen LogP contribution in [0.15, 0.2) is 89.0 Å². The molecule has 36 heavy (non-hydrogen) atoms. The van der Waals surface area contributed by atoms with Crippen LogP contribution < -0.4 is 4.72 Å². The molecule has 8 heteroatoms. The molecule has 1 aromatic heterocycles. The zero-order valence-electron chi connectivity index (χ0n) is 20.2. The molecule has 1 aliphatic heterocycles. The molecule has 2 aromatic carbocycles. The Balaban J connectivity index is 1.34. The van der Waals surface area contributed by atoms with E-state index in [9.17, 15) is 8.78 Å². The number of pyridine rings is 1. The summed E-state index contributed by atoms with van der Waals surface area (Å²) in [6.45, 7) is 9.43. The van der Waals surface area contributed by atoms with Gasteiger partial charge in [0.15, 0.2) is 0 Å². The molecule has 0 bridgehead atoms. The molecule has 1 N–H and O–H groups in total. The number of para-hydroxylation sites is 1. The first-order chi connectivity index (χ1) is 17.5. The van der Waals surface area contributed by atoms with Gasteiger partial charge in [-0.1, -0.05) is 48.5 Å². The number of hydrogen-bond acceptors (Lipinski definition) is 5. The van der Waals surface area contributed by atoms with Crippen molar-refractivity contribution in [1.82, 2.24) is 14.8 Å². The minimum atomic E-state index is -0.656. The number of halogens is 3. The summed E-state index contributed by atoms with van der Waals surface area (Å²) >= 11 is 7.20. The zero-order chi connectivity index (χ0) is 25.5. The van der Waals surface area contributed by atoms with Gasteiger partial charge in [0.05, 0.1) is 16.1 Å². The minimum absolute atomic E-state index is 0.210. The molecule has 2 heterocycles. The lowest BCUT2D eigenvalue weighted by Crippen LogP contribution is -2.45. The maximum Gasteiger partial charge on any atom is 0.147 e. The molecule has 188 valence electrons. The number of nitrogens with one attached hydrogen (secondary N) is 1. The first-order valence-electron chi connectivity index (χ1n) is 11.8. The van der Waals surface area contributed by atoms with E-state index in [1.807, 2.05) is 49.4 Å². The van der Waals surface area contributed by atoms with E-state index >= 15 is 0 Å². The third-order valence-corrected chi connectivity index (χ3v) is 7.25. The van der Waals surface area contributed by atoms with Gasteiger partial charge >= 0.3 is 0 Å². The largest absolute Gasteiger partial charge is 0.369 e. The van der Waals surface area contributed by atoms with Crippen LogP contribution in [0.2, 0.25) is 0 Å². The molecule has 0 unspecified atom stereocenters. The van der Waals surface area contributed by atoms with E-state index in [-0.39, 0.29) is 10.8 Å². The summed E-state index contributed by atoms with van der Waals surface area (Å²) in [7, 11) is 0. The molecular formula is C28H29ClF2N4S. The molecule has 1 aliphatic rings. The van der Waals surface area contributed by atoms with Gasteiger partial charge in [0, 0.05) is 60.6 Å². The van der Waals surface area contributed by atoms with Gasteiger partial charge in [-0.15, -0.1) is 0 Å². The molecule has 0 spiro atoms. The van der Waals surface area contributed by atoms with Gasteiger partial charge in [0.1, 0.15) is 12.5 Å². The fourth-order valence-electron chi connectivity index (χ4n) is 4.12. The molecule has 0 atom stereocenters. The molecule has 0 radical (unpaired) electrons. The summed E-state index contributed by atoms with van der Waals surface area (Å²) < 4.78 is 30.8. The van der Waals surface area contributed by atoms with E-state index in [4.69, 9.17) is 11.6 Å². The minimum Gasteiger partial charge on any atom is -0.369 e. The van der Waals surface area contributed by atoms with Crippen LogP contribution in [-0.4, -0.2) is 54.2 Å². The topological polar surface area (TPSA) is 31.4 Å². The van der Waals surface area contributed by atoms with Crippen molar-refractivity contribution in [2.24, 2.45) is 0 Å². The number of anilines is 1. The third-order valence-electron chi connectivity index (χ3n) is 6.17. The SMILES string of the molecule is C=C(c1ccc(NSc2cccc3cccnc23)c(F)c1)N1CCN(CC(/C=C(/Cl)CF)=C/C)CC1. The molecule has 4 rings (SSSR count). The molecule has 0 saturated carbocycles. The number of piperazine rings is 1. The lowest BCUT2D eigenvalue weighted by Gasteiger charge is -2.37. The maximum atomic E-state index is 15.0. The number of rotatable bonds is 9. The Morgan fingerprint density at radius 1 is 1.17 bits per heavy atom. The average Bonchev–Trinajstić information content (AvgIpc) is 2.91. The van der Waals surface area contributed by atoms with E-state index in [0.29, 0.717) is 12.2 Å². The summed E-state index contributed by atoms with van der Waals surface area (Å²) in [6, 6.07) is 15.0. The average molecular weight is 527 g/mol. The number of allylic oxidation sites excluding steroid dienone is 2. The van der Waals surface area contributed by atoms with Gasteiger partial charge in [-0.25, -0.2) is 8.78 Å². The number of fused-ring (bicyclic) bond motifs is 1. The first-order valence-corrected chi connectivity index (χ1v) is 13.0. The lowest BCUT2D eigenvalue weighted by molar-refractivity contribution is 0.188. The summed E-state index contributed by atoms with van der Waals surface area (Å²) in [4.78, 5) is 9.85. The second-order valence-corrected chi connectivity index (χ2v) is 9.86. The lowest BCUT2D eigenvalue weighted by atomic mass is 10.1. The Kier molecular flexibility index (Phi) is 9.02. The van der Waals surface area contributed by atoms with Crippen LogP contribution in [0.3, 0.4) is 0 Å². The van der Waals surface area contributed by atoms with Crippen LogP contribution in [0.1, 0.15) is 12.5 Å². The summed E-state index contributed by atoms with van der Waals surface area (Å²) in [6.07, 6.45) is 5.41. The standard InChI is InChI=1S/C28H29ClF2N4S/c1-3-21(16-24(29)18-30)19-34-12-14-35(15-13-34)20(2)23-9-10-26(25(31)17-23)33-36-27-8-4-6-22-7-5-11-32-28(22)27/h3-11,16-17,33H,2,12-15,18-19H2,1H3/b21-3+,24-16+. The van der Waals surface area contributed by atoms with E-state index in [1.54, 1.807) is 18.3 Å². The predicted octanol–water partition coefficient (Wildman–Crippen LogP) is 7.12. The Bertz CT molecular complexity index is 1280. The summed E-state index contributed by atoms with van der Waals surface area (Å²) in [5, 5.41) is 1.25. The van der Waals surface area contributed by atoms with E-state index in [2.05, 4.69) is 26.1 Å². The van der Waals surface area contributed by atoms with Gasteiger partial charge in [-0.05, 0) is 54.8 Å². The predicted molar refractivity (Wildman–Crippen MR) is 148 cm³/mol. The van der Waals surface area contributed by atoms with Crippen LogP contribution >= 0.6 is 23.5 Å². The van der Waals surface area contributed by atoms with E-state index < -0.39 is 6.67 Å². The van der Waals surface area contributed by atoms with Gasteiger partial charge < -0.3 is 9.62 Å². The van der Waals surface area contributed by atoms with Crippen LogP contribution in [-0.2, 0) is 0 Å². The fourth-order valence-corrected chi connectivity index (χ4v) is 5.06. The fraction of sp³-hybridized carbons (Fsp3) is 0.250. The Morgan fingerprint density at radius 3 is 2.67 bits per heavy atom. The van der Waals surface area contributed by atoms with Crippen molar-refractivity contribution in [3.8, 4) is 0 Å². The van der Waals surface area contributed by atoms with E-state index in [1.165, 1.54) is 18.0 Å². The zero-order valence-corrected chi connectivity index (χ0v) is 21.8. The van der Waals surface area contributed by atoms with Gasteiger partial charge in [0.2, 0.25) is 0 Å². The van der Waals surface area contributed by atoms with Crippen molar-refractivity contribution >= 4 is 45.8 Å². The first kappa shape index (κ1) is 26.2. The Labute approximate surface area is 220 Å².